The van der Waals surface area contributed by atoms with Crippen LogP contribution in [-0.2, 0) is 4.79 Å². The van der Waals surface area contributed by atoms with Crippen molar-refractivity contribution < 1.29 is 23.4 Å². The van der Waals surface area contributed by atoms with Gasteiger partial charge in [-0.2, -0.15) is 8.78 Å². The molecule has 1 rings (SSSR count). The molecule has 2 unspecified atom stereocenters. The van der Waals surface area contributed by atoms with E-state index in [-0.39, 0.29) is 11.8 Å². The molecule has 0 fully saturated rings. The number of carbonyl (C=O) groups is 1. The van der Waals surface area contributed by atoms with Gasteiger partial charge in [0.25, 0.3) is 0 Å². The Kier molecular flexibility index (Phi) is 5.88. The fraction of sp³-hybridized carbons (Fsp3) is 0.500. The number of halogens is 2. The Morgan fingerprint density at radius 1 is 1.45 bits per heavy atom. The summed E-state index contributed by atoms with van der Waals surface area (Å²) in [6.45, 7) is 0.742. The monoisotopic (exact) mass is 287 g/mol. The molecule has 0 saturated carbocycles. The Hall–Kier alpha value is -1.69. The number of benzene rings is 1. The molecular weight excluding hydrogens is 268 g/mol. The van der Waals surface area contributed by atoms with Crippen molar-refractivity contribution >= 4 is 5.97 Å². The molecule has 1 aromatic rings. The largest absolute Gasteiger partial charge is 0.480 e. The van der Waals surface area contributed by atoms with E-state index >= 15 is 0 Å². The van der Waals surface area contributed by atoms with Crippen molar-refractivity contribution in [3.05, 3.63) is 29.8 Å². The Morgan fingerprint density at radius 2 is 2.10 bits per heavy atom. The van der Waals surface area contributed by atoms with Crippen molar-refractivity contribution in [1.82, 2.24) is 4.90 Å². The molecular formula is C14H19F2NO3. The van der Waals surface area contributed by atoms with Crippen LogP contribution in [0.4, 0.5) is 8.78 Å². The minimum Gasteiger partial charge on any atom is -0.480 e. The highest BCUT2D eigenvalue weighted by Gasteiger charge is 2.25. The lowest BCUT2D eigenvalue weighted by Gasteiger charge is -2.30. The molecule has 2 atom stereocenters. The van der Waals surface area contributed by atoms with Crippen LogP contribution in [-0.4, -0.2) is 35.7 Å². The minimum atomic E-state index is -2.87. The van der Waals surface area contributed by atoms with Crippen LogP contribution in [0, 0.1) is 0 Å². The van der Waals surface area contributed by atoms with Crippen LogP contribution in [0.3, 0.4) is 0 Å². The van der Waals surface area contributed by atoms with E-state index in [2.05, 4.69) is 4.74 Å². The van der Waals surface area contributed by atoms with Crippen molar-refractivity contribution in [2.45, 2.75) is 39.0 Å². The Bertz CT molecular complexity index is 454. The quantitative estimate of drug-likeness (QED) is 0.837. The summed E-state index contributed by atoms with van der Waals surface area (Å²) in [6.07, 6.45) is 0.462. The van der Waals surface area contributed by atoms with Gasteiger partial charge in [-0.25, -0.2) is 0 Å². The highest BCUT2D eigenvalue weighted by molar-refractivity contribution is 5.73. The molecule has 0 aromatic heterocycles. The van der Waals surface area contributed by atoms with Crippen LogP contribution in [0.25, 0.3) is 0 Å². The number of alkyl halides is 2. The van der Waals surface area contributed by atoms with Crippen LogP contribution >= 0.6 is 0 Å². The zero-order chi connectivity index (χ0) is 15.3. The molecule has 112 valence electrons. The fourth-order valence-electron chi connectivity index (χ4n) is 2.09. The summed E-state index contributed by atoms with van der Waals surface area (Å²) in [4.78, 5) is 12.9. The first kappa shape index (κ1) is 16.4. The summed E-state index contributed by atoms with van der Waals surface area (Å²) in [7, 11) is 1.70. The van der Waals surface area contributed by atoms with Crippen molar-refractivity contribution in [2.24, 2.45) is 0 Å². The number of hydrogen-bond donors (Lipinski definition) is 1. The molecule has 1 N–H and O–H groups in total. The number of hydrogen-bond acceptors (Lipinski definition) is 3. The molecule has 20 heavy (non-hydrogen) atoms. The van der Waals surface area contributed by atoms with Crippen LogP contribution < -0.4 is 4.74 Å². The Balaban J connectivity index is 2.90. The standard InChI is InChI=1S/C14H19F2NO3/c1-4-12(13(18)19)17(3)9(2)10-6-5-7-11(8-10)20-14(15)16/h5-9,12,14H,4H2,1-3H3,(H,18,19). The van der Waals surface area contributed by atoms with E-state index in [9.17, 15) is 13.6 Å². The van der Waals surface area contributed by atoms with E-state index in [1.165, 1.54) is 12.1 Å². The lowest BCUT2D eigenvalue weighted by Crippen LogP contribution is -2.39. The third kappa shape index (κ3) is 4.16. The molecule has 6 heteroatoms. The summed E-state index contributed by atoms with van der Waals surface area (Å²) in [5.41, 5.74) is 0.727. The summed E-state index contributed by atoms with van der Waals surface area (Å²) in [5.74, 6) is -0.831. The van der Waals surface area contributed by atoms with E-state index in [1.54, 1.807) is 31.0 Å². The average molecular weight is 287 g/mol. The lowest BCUT2D eigenvalue weighted by molar-refractivity contribution is -0.143. The first-order valence-corrected chi connectivity index (χ1v) is 6.36. The molecule has 4 nitrogen and oxygen atoms in total. The molecule has 0 aliphatic rings. The number of likely N-dealkylation sites (N-methyl/N-ethyl adjacent to an activating group) is 1. The fourth-order valence-corrected chi connectivity index (χ4v) is 2.09. The van der Waals surface area contributed by atoms with Gasteiger partial charge in [0.2, 0.25) is 0 Å². The molecule has 1 aromatic carbocycles. The van der Waals surface area contributed by atoms with E-state index in [0.29, 0.717) is 6.42 Å². The number of ether oxygens (including phenoxy) is 1. The summed E-state index contributed by atoms with van der Waals surface area (Å²) >= 11 is 0. The molecule has 0 amide bonds. The molecule has 0 aliphatic carbocycles. The molecule has 0 spiro atoms. The zero-order valence-electron chi connectivity index (χ0n) is 11.7. The predicted octanol–water partition coefficient (Wildman–Crippen LogP) is 3.14. The third-order valence-electron chi connectivity index (χ3n) is 3.34. The van der Waals surface area contributed by atoms with Gasteiger partial charge in [0.15, 0.2) is 0 Å². The first-order valence-electron chi connectivity index (χ1n) is 6.36. The second kappa shape index (κ2) is 7.19. The van der Waals surface area contributed by atoms with Gasteiger partial charge < -0.3 is 9.84 Å². The van der Waals surface area contributed by atoms with Gasteiger partial charge >= 0.3 is 12.6 Å². The zero-order valence-corrected chi connectivity index (χ0v) is 11.7. The lowest BCUT2D eigenvalue weighted by atomic mass is 10.0. The maximum Gasteiger partial charge on any atom is 0.387 e. The van der Waals surface area contributed by atoms with Crippen molar-refractivity contribution in [3.8, 4) is 5.75 Å². The van der Waals surface area contributed by atoms with E-state index in [0.717, 1.165) is 5.56 Å². The number of rotatable bonds is 7. The summed E-state index contributed by atoms with van der Waals surface area (Å²) in [6, 6.07) is 5.47. The Labute approximate surface area is 117 Å². The molecule has 0 heterocycles. The van der Waals surface area contributed by atoms with Crippen LogP contribution in [0.1, 0.15) is 31.9 Å². The highest BCUT2D eigenvalue weighted by atomic mass is 19.3. The first-order chi connectivity index (χ1) is 9.36. The van der Waals surface area contributed by atoms with Gasteiger partial charge in [0, 0.05) is 6.04 Å². The molecule has 0 saturated heterocycles. The maximum atomic E-state index is 12.2. The van der Waals surface area contributed by atoms with Crippen LogP contribution in [0.5, 0.6) is 5.75 Å². The smallest absolute Gasteiger partial charge is 0.387 e. The van der Waals surface area contributed by atoms with Crippen LogP contribution in [0.15, 0.2) is 24.3 Å². The van der Waals surface area contributed by atoms with Crippen molar-refractivity contribution in [3.63, 3.8) is 0 Å². The van der Waals surface area contributed by atoms with E-state index < -0.39 is 18.6 Å². The van der Waals surface area contributed by atoms with Gasteiger partial charge in [0.05, 0.1) is 0 Å². The number of nitrogens with zero attached hydrogens (tertiary/aromatic N) is 1. The molecule has 0 aliphatic heterocycles. The van der Waals surface area contributed by atoms with Gasteiger partial charge in [-0.05, 0) is 38.1 Å². The van der Waals surface area contributed by atoms with Gasteiger partial charge in [-0.3, -0.25) is 9.69 Å². The SMILES string of the molecule is CCC(C(=O)O)N(C)C(C)c1cccc(OC(F)F)c1. The average Bonchev–Trinajstić information content (AvgIpc) is 2.37. The maximum absolute atomic E-state index is 12.2. The second-order valence-corrected chi connectivity index (χ2v) is 4.55. The number of carboxylic acids is 1. The Morgan fingerprint density at radius 3 is 2.60 bits per heavy atom. The summed E-state index contributed by atoms with van der Waals surface area (Å²) < 4.78 is 28.7. The topological polar surface area (TPSA) is 49.8 Å². The third-order valence-corrected chi connectivity index (χ3v) is 3.34. The molecule has 0 radical (unpaired) electrons. The number of carboxylic acid groups (broad SMARTS) is 1. The van der Waals surface area contributed by atoms with E-state index in [4.69, 9.17) is 5.11 Å². The van der Waals surface area contributed by atoms with Gasteiger partial charge in [-0.1, -0.05) is 19.1 Å². The minimum absolute atomic E-state index is 0.0705. The highest BCUT2D eigenvalue weighted by Crippen LogP contribution is 2.26. The van der Waals surface area contributed by atoms with Crippen LogP contribution in [0.2, 0.25) is 0 Å². The normalized spacial score (nSPS) is 14.3. The second-order valence-electron chi connectivity index (χ2n) is 4.55. The van der Waals surface area contributed by atoms with Gasteiger partial charge in [-0.15, -0.1) is 0 Å². The van der Waals surface area contributed by atoms with Gasteiger partial charge in [0.1, 0.15) is 11.8 Å². The summed E-state index contributed by atoms with van der Waals surface area (Å²) in [5, 5.41) is 9.15. The van der Waals surface area contributed by atoms with Crippen molar-refractivity contribution in [1.29, 1.82) is 0 Å². The molecule has 0 bridgehead atoms. The number of aliphatic carboxylic acids is 1. The van der Waals surface area contributed by atoms with Crippen molar-refractivity contribution in [2.75, 3.05) is 7.05 Å². The van der Waals surface area contributed by atoms with E-state index in [1.807, 2.05) is 6.92 Å². The predicted molar refractivity (Wildman–Crippen MR) is 71.0 cm³/mol.